The minimum atomic E-state index is -0.789. The van der Waals surface area contributed by atoms with Crippen LogP contribution >= 0.6 is 0 Å². The Morgan fingerprint density at radius 1 is 1.25 bits per heavy atom. The van der Waals surface area contributed by atoms with E-state index in [1.807, 2.05) is 31.2 Å². The summed E-state index contributed by atoms with van der Waals surface area (Å²) < 4.78 is 0. The predicted octanol–water partition coefficient (Wildman–Crippen LogP) is 2.28. The van der Waals surface area contributed by atoms with E-state index >= 15 is 0 Å². The molecular weight excluding hydrogens is 252 g/mol. The molecule has 0 aromatic carbocycles. The molecule has 2 aromatic rings. The third-order valence-electron chi connectivity index (χ3n) is 2.74. The molecule has 0 saturated carbocycles. The third kappa shape index (κ3) is 3.99. The minimum absolute atomic E-state index is 0.425. The molecule has 0 radical (unpaired) electrons. The van der Waals surface area contributed by atoms with Gasteiger partial charge in [0.15, 0.2) is 5.82 Å². The van der Waals surface area contributed by atoms with Crippen molar-refractivity contribution < 1.29 is 5.11 Å². The van der Waals surface area contributed by atoms with Gasteiger partial charge in [0, 0.05) is 24.5 Å². The highest BCUT2D eigenvalue weighted by molar-refractivity contribution is 5.52. The number of nitrogens with zero attached hydrogens (tertiary/aromatic N) is 3. The van der Waals surface area contributed by atoms with Crippen LogP contribution in [0.15, 0.2) is 30.5 Å². The molecule has 0 bridgehead atoms. The summed E-state index contributed by atoms with van der Waals surface area (Å²) in [6.45, 7) is 5.97. The number of nitrogens with one attached hydrogen (secondary N) is 1. The van der Waals surface area contributed by atoms with Gasteiger partial charge in [0.05, 0.1) is 5.60 Å². The van der Waals surface area contributed by atoms with Gasteiger partial charge in [0.25, 0.3) is 0 Å². The fourth-order valence-electron chi connectivity index (χ4n) is 1.69. The van der Waals surface area contributed by atoms with Crippen LogP contribution in [0.2, 0.25) is 0 Å². The minimum Gasteiger partial charge on any atom is -0.389 e. The second-order valence-corrected chi connectivity index (χ2v) is 5.30. The van der Waals surface area contributed by atoms with Crippen molar-refractivity contribution in [2.45, 2.75) is 32.8 Å². The van der Waals surface area contributed by atoms with Gasteiger partial charge in [-0.25, -0.2) is 9.97 Å². The summed E-state index contributed by atoms with van der Waals surface area (Å²) in [4.78, 5) is 13.2. The van der Waals surface area contributed by atoms with Crippen molar-refractivity contribution in [2.75, 3.05) is 11.9 Å². The average Bonchev–Trinajstić information content (AvgIpc) is 2.45. The molecule has 0 amide bonds. The number of pyridine rings is 1. The third-order valence-corrected chi connectivity index (χ3v) is 2.74. The lowest BCUT2D eigenvalue weighted by Crippen LogP contribution is -2.29. The summed E-state index contributed by atoms with van der Waals surface area (Å²) in [6, 6.07) is 7.56. The number of rotatable bonds is 5. The Bertz CT molecular complexity index is 564. The Kier molecular flexibility index (Phi) is 4.29. The van der Waals surface area contributed by atoms with Gasteiger partial charge in [0.2, 0.25) is 0 Å². The van der Waals surface area contributed by atoms with E-state index < -0.39 is 5.60 Å². The van der Waals surface area contributed by atoms with Gasteiger partial charge in [-0.1, -0.05) is 13.0 Å². The molecule has 0 aliphatic carbocycles. The SMILES string of the molecule is CCc1cc(NCC(C)(C)O)nc(-c2ccccn2)n1. The van der Waals surface area contributed by atoms with Crippen LogP contribution in [0.5, 0.6) is 0 Å². The highest BCUT2D eigenvalue weighted by Crippen LogP contribution is 2.16. The van der Waals surface area contributed by atoms with Crippen LogP contribution in [-0.2, 0) is 6.42 Å². The van der Waals surface area contributed by atoms with Crippen LogP contribution < -0.4 is 5.32 Å². The topological polar surface area (TPSA) is 70.9 Å². The lowest BCUT2D eigenvalue weighted by molar-refractivity contribution is 0.0944. The number of aromatic nitrogens is 3. The van der Waals surface area contributed by atoms with Crippen molar-refractivity contribution in [1.29, 1.82) is 0 Å². The first kappa shape index (κ1) is 14.4. The smallest absolute Gasteiger partial charge is 0.180 e. The molecular formula is C15H20N4O. The second kappa shape index (κ2) is 5.96. The summed E-state index contributed by atoms with van der Waals surface area (Å²) in [6.07, 6.45) is 2.54. The van der Waals surface area contributed by atoms with Crippen molar-refractivity contribution in [1.82, 2.24) is 15.0 Å². The first-order valence-corrected chi connectivity index (χ1v) is 6.73. The molecule has 106 valence electrons. The van der Waals surface area contributed by atoms with Crippen LogP contribution in [0.25, 0.3) is 11.5 Å². The standard InChI is InChI=1S/C15H20N4O/c1-4-11-9-13(17-10-15(2,3)20)19-14(18-11)12-7-5-6-8-16-12/h5-9,20H,4,10H2,1-3H3,(H,17,18,19). The fourth-order valence-corrected chi connectivity index (χ4v) is 1.69. The van der Waals surface area contributed by atoms with Crippen molar-refractivity contribution in [3.05, 3.63) is 36.2 Å². The quantitative estimate of drug-likeness (QED) is 0.873. The molecule has 0 fully saturated rings. The van der Waals surface area contributed by atoms with E-state index in [-0.39, 0.29) is 0 Å². The van der Waals surface area contributed by atoms with Crippen LogP contribution in [-0.4, -0.2) is 32.2 Å². The number of anilines is 1. The molecule has 0 atom stereocenters. The van der Waals surface area contributed by atoms with E-state index in [0.29, 0.717) is 18.2 Å². The molecule has 0 saturated heterocycles. The molecule has 0 aliphatic heterocycles. The highest BCUT2D eigenvalue weighted by atomic mass is 16.3. The number of hydrogen-bond donors (Lipinski definition) is 2. The molecule has 2 rings (SSSR count). The summed E-state index contributed by atoms with van der Waals surface area (Å²) in [5.41, 5.74) is 0.899. The Hall–Kier alpha value is -2.01. The summed E-state index contributed by atoms with van der Waals surface area (Å²) >= 11 is 0. The largest absolute Gasteiger partial charge is 0.389 e. The summed E-state index contributed by atoms with van der Waals surface area (Å²) in [7, 11) is 0. The first-order valence-electron chi connectivity index (χ1n) is 6.73. The normalized spacial score (nSPS) is 11.4. The summed E-state index contributed by atoms with van der Waals surface area (Å²) in [5.74, 6) is 1.31. The van der Waals surface area contributed by atoms with Gasteiger partial charge in [0.1, 0.15) is 11.5 Å². The molecule has 5 heteroatoms. The maximum Gasteiger partial charge on any atom is 0.180 e. The second-order valence-electron chi connectivity index (χ2n) is 5.30. The van der Waals surface area contributed by atoms with Crippen LogP contribution in [0.3, 0.4) is 0 Å². The van der Waals surface area contributed by atoms with Gasteiger partial charge in [-0.3, -0.25) is 4.98 Å². The number of aliphatic hydroxyl groups is 1. The van der Waals surface area contributed by atoms with E-state index in [4.69, 9.17) is 0 Å². The molecule has 0 unspecified atom stereocenters. The zero-order valence-electron chi connectivity index (χ0n) is 12.1. The molecule has 2 heterocycles. The van der Waals surface area contributed by atoms with Gasteiger partial charge in [-0.2, -0.15) is 0 Å². The van der Waals surface area contributed by atoms with Gasteiger partial charge in [-0.15, -0.1) is 0 Å². The zero-order valence-corrected chi connectivity index (χ0v) is 12.1. The maximum atomic E-state index is 9.77. The monoisotopic (exact) mass is 272 g/mol. The highest BCUT2D eigenvalue weighted by Gasteiger charge is 2.13. The van der Waals surface area contributed by atoms with Crippen molar-refractivity contribution in [3.8, 4) is 11.5 Å². The number of hydrogen-bond acceptors (Lipinski definition) is 5. The molecule has 0 spiro atoms. The molecule has 0 aliphatic rings. The Balaban J connectivity index is 2.30. The van der Waals surface area contributed by atoms with Crippen LogP contribution in [0.1, 0.15) is 26.5 Å². The van der Waals surface area contributed by atoms with Gasteiger partial charge < -0.3 is 10.4 Å². The Morgan fingerprint density at radius 3 is 2.65 bits per heavy atom. The van der Waals surface area contributed by atoms with Gasteiger partial charge >= 0.3 is 0 Å². The lowest BCUT2D eigenvalue weighted by atomic mass is 10.1. The predicted molar refractivity (Wildman–Crippen MR) is 79.4 cm³/mol. The van der Waals surface area contributed by atoms with E-state index in [9.17, 15) is 5.11 Å². The summed E-state index contributed by atoms with van der Waals surface area (Å²) in [5, 5.41) is 12.9. The first-order chi connectivity index (χ1) is 9.48. The zero-order chi connectivity index (χ0) is 14.6. The Labute approximate surface area is 119 Å². The lowest BCUT2D eigenvalue weighted by Gasteiger charge is -2.18. The maximum absolute atomic E-state index is 9.77. The van der Waals surface area contributed by atoms with Crippen molar-refractivity contribution in [2.24, 2.45) is 0 Å². The van der Waals surface area contributed by atoms with Crippen LogP contribution in [0, 0.1) is 0 Å². The van der Waals surface area contributed by atoms with E-state index in [0.717, 1.165) is 17.8 Å². The molecule has 5 nitrogen and oxygen atoms in total. The average molecular weight is 272 g/mol. The molecule has 2 aromatic heterocycles. The molecule has 2 N–H and O–H groups in total. The van der Waals surface area contributed by atoms with E-state index in [2.05, 4.69) is 20.3 Å². The van der Waals surface area contributed by atoms with E-state index in [1.165, 1.54) is 0 Å². The van der Waals surface area contributed by atoms with Crippen LogP contribution in [0.4, 0.5) is 5.82 Å². The van der Waals surface area contributed by atoms with E-state index in [1.54, 1.807) is 20.0 Å². The van der Waals surface area contributed by atoms with Gasteiger partial charge in [-0.05, 0) is 32.4 Å². The van der Waals surface area contributed by atoms with Crippen molar-refractivity contribution >= 4 is 5.82 Å². The van der Waals surface area contributed by atoms with Crippen molar-refractivity contribution in [3.63, 3.8) is 0 Å². The molecule has 20 heavy (non-hydrogen) atoms. The number of aryl methyl sites for hydroxylation is 1. The Morgan fingerprint density at radius 2 is 2.05 bits per heavy atom. The fraction of sp³-hybridized carbons (Fsp3) is 0.400.